The van der Waals surface area contributed by atoms with Crippen LogP contribution in [0.15, 0.2) is 72.9 Å². The molecule has 5 heteroatoms. The molecule has 3 rings (SSSR count). The summed E-state index contributed by atoms with van der Waals surface area (Å²) in [6.45, 7) is 0.500. The number of benzene rings is 2. The zero-order valence-electron chi connectivity index (χ0n) is 12.8. The van der Waals surface area contributed by atoms with Crippen LogP contribution in [-0.2, 0) is 6.54 Å². The van der Waals surface area contributed by atoms with Gasteiger partial charge in [-0.15, -0.1) is 0 Å². The molecule has 0 aliphatic heterocycles. The summed E-state index contributed by atoms with van der Waals surface area (Å²) in [5.74, 6) is -0.610. The second-order valence-electron chi connectivity index (χ2n) is 5.23. The first-order chi connectivity index (χ1) is 11.6. The highest BCUT2D eigenvalue weighted by atomic mass is 35.5. The predicted molar refractivity (Wildman–Crippen MR) is 94.9 cm³/mol. The fourth-order valence-corrected chi connectivity index (χ4v) is 2.58. The van der Waals surface area contributed by atoms with Crippen LogP contribution in [0.25, 0.3) is 0 Å². The van der Waals surface area contributed by atoms with E-state index in [0.29, 0.717) is 17.4 Å². The average Bonchev–Trinajstić information content (AvgIpc) is 2.61. The summed E-state index contributed by atoms with van der Waals surface area (Å²) < 4.78 is 0. The van der Waals surface area contributed by atoms with Crippen molar-refractivity contribution in [3.63, 3.8) is 0 Å². The van der Waals surface area contributed by atoms with Crippen molar-refractivity contribution in [2.45, 2.75) is 6.54 Å². The number of nitrogens with zero attached hydrogens (tertiary/aromatic N) is 2. The van der Waals surface area contributed by atoms with E-state index in [0.717, 1.165) is 11.3 Å². The number of pyridine rings is 1. The van der Waals surface area contributed by atoms with Crippen LogP contribution in [0.3, 0.4) is 0 Å². The lowest BCUT2D eigenvalue weighted by Crippen LogP contribution is -2.20. The molecular weight excluding hydrogens is 324 g/mol. The first-order valence-corrected chi connectivity index (χ1v) is 7.78. The number of halogens is 1. The summed E-state index contributed by atoms with van der Waals surface area (Å²) in [7, 11) is 0. The number of aromatic carboxylic acids is 1. The molecule has 1 N–H and O–H groups in total. The van der Waals surface area contributed by atoms with Crippen LogP contribution >= 0.6 is 11.6 Å². The molecule has 0 spiro atoms. The number of carbonyl (C=O) groups is 1. The van der Waals surface area contributed by atoms with E-state index in [1.807, 2.05) is 47.4 Å². The summed E-state index contributed by atoms with van der Waals surface area (Å²) in [6.07, 6.45) is 1.59. The molecule has 0 saturated heterocycles. The zero-order valence-corrected chi connectivity index (χ0v) is 13.5. The molecule has 0 aliphatic carbocycles. The van der Waals surface area contributed by atoms with Gasteiger partial charge in [-0.1, -0.05) is 41.9 Å². The second-order valence-corrected chi connectivity index (χ2v) is 5.66. The van der Waals surface area contributed by atoms with E-state index in [9.17, 15) is 9.90 Å². The van der Waals surface area contributed by atoms with Crippen LogP contribution in [0.5, 0.6) is 0 Å². The molecule has 0 saturated carbocycles. The minimum absolute atomic E-state index is 0.156. The molecular formula is C19H15ClN2O2. The van der Waals surface area contributed by atoms with Gasteiger partial charge in [0.25, 0.3) is 0 Å². The number of rotatable bonds is 5. The van der Waals surface area contributed by atoms with E-state index >= 15 is 0 Å². The van der Waals surface area contributed by atoms with E-state index in [2.05, 4.69) is 4.98 Å². The Balaban J connectivity index is 2.08. The molecule has 0 atom stereocenters. The smallest absolute Gasteiger partial charge is 0.339 e. The maximum Gasteiger partial charge on any atom is 0.339 e. The molecule has 4 nitrogen and oxygen atoms in total. The van der Waals surface area contributed by atoms with Crippen molar-refractivity contribution < 1.29 is 9.90 Å². The van der Waals surface area contributed by atoms with Gasteiger partial charge < -0.3 is 10.0 Å². The summed E-state index contributed by atoms with van der Waals surface area (Å²) in [6, 6.07) is 20.3. The molecule has 24 heavy (non-hydrogen) atoms. The first-order valence-electron chi connectivity index (χ1n) is 7.40. The van der Waals surface area contributed by atoms with Gasteiger partial charge >= 0.3 is 5.97 Å². The third-order valence-electron chi connectivity index (χ3n) is 3.59. The lowest BCUT2D eigenvalue weighted by molar-refractivity contribution is 0.0697. The van der Waals surface area contributed by atoms with E-state index in [-0.39, 0.29) is 5.56 Å². The monoisotopic (exact) mass is 338 g/mol. The van der Waals surface area contributed by atoms with E-state index in [4.69, 9.17) is 11.6 Å². The van der Waals surface area contributed by atoms with Gasteiger partial charge in [-0.3, -0.25) is 0 Å². The van der Waals surface area contributed by atoms with Crippen molar-refractivity contribution in [1.82, 2.24) is 4.98 Å². The minimum Gasteiger partial charge on any atom is -0.478 e. The Morgan fingerprint density at radius 1 is 1.00 bits per heavy atom. The Morgan fingerprint density at radius 3 is 2.38 bits per heavy atom. The molecule has 0 unspecified atom stereocenters. The summed E-state index contributed by atoms with van der Waals surface area (Å²) in [4.78, 5) is 17.8. The Labute approximate surface area is 145 Å². The van der Waals surface area contributed by atoms with Crippen molar-refractivity contribution in [3.8, 4) is 0 Å². The van der Waals surface area contributed by atoms with Gasteiger partial charge in [0.1, 0.15) is 11.4 Å². The SMILES string of the molecule is O=C(O)c1cccnc1N(Cc1ccccc1)c1ccc(Cl)cc1. The Kier molecular flexibility index (Phi) is 4.77. The van der Waals surface area contributed by atoms with E-state index < -0.39 is 5.97 Å². The lowest BCUT2D eigenvalue weighted by Gasteiger charge is -2.25. The molecule has 120 valence electrons. The topological polar surface area (TPSA) is 53.4 Å². The Bertz CT molecular complexity index is 836. The van der Waals surface area contributed by atoms with Gasteiger partial charge in [0.2, 0.25) is 0 Å². The van der Waals surface area contributed by atoms with Crippen LogP contribution in [0.1, 0.15) is 15.9 Å². The van der Waals surface area contributed by atoms with Gasteiger partial charge in [-0.05, 0) is 42.0 Å². The second kappa shape index (κ2) is 7.15. The van der Waals surface area contributed by atoms with Crippen molar-refractivity contribution in [2.24, 2.45) is 0 Å². The average molecular weight is 339 g/mol. The maximum atomic E-state index is 11.6. The normalized spacial score (nSPS) is 10.4. The van der Waals surface area contributed by atoms with Crippen LogP contribution in [0.4, 0.5) is 11.5 Å². The molecule has 1 aromatic heterocycles. The van der Waals surface area contributed by atoms with Crippen LogP contribution in [-0.4, -0.2) is 16.1 Å². The number of carboxylic acid groups (broad SMARTS) is 1. The van der Waals surface area contributed by atoms with Gasteiger partial charge in [-0.25, -0.2) is 9.78 Å². The summed E-state index contributed by atoms with van der Waals surface area (Å²) in [5.41, 5.74) is 2.03. The molecule has 0 radical (unpaired) electrons. The standard InChI is InChI=1S/C19H15ClN2O2/c20-15-8-10-16(11-9-15)22(13-14-5-2-1-3-6-14)18-17(19(23)24)7-4-12-21-18/h1-12H,13H2,(H,23,24). The predicted octanol–water partition coefficient (Wildman–Crippen LogP) is 4.77. The fourth-order valence-electron chi connectivity index (χ4n) is 2.45. The maximum absolute atomic E-state index is 11.6. The Morgan fingerprint density at radius 2 is 1.71 bits per heavy atom. The van der Waals surface area contributed by atoms with E-state index in [1.165, 1.54) is 0 Å². The highest BCUT2D eigenvalue weighted by Crippen LogP contribution is 2.29. The third kappa shape index (κ3) is 3.55. The lowest BCUT2D eigenvalue weighted by atomic mass is 10.1. The van der Waals surface area contributed by atoms with Crippen LogP contribution < -0.4 is 4.90 Å². The number of aromatic nitrogens is 1. The van der Waals surface area contributed by atoms with Gasteiger partial charge in [0, 0.05) is 23.5 Å². The molecule has 2 aromatic carbocycles. The molecule has 0 bridgehead atoms. The summed E-state index contributed by atoms with van der Waals surface area (Å²) >= 11 is 5.98. The summed E-state index contributed by atoms with van der Waals surface area (Å²) in [5, 5.41) is 10.1. The quantitative estimate of drug-likeness (QED) is 0.728. The molecule has 0 fully saturated rings. The van der Waals surface area contributed by atoms with Crippen molar-refractivity contribution >= 4 is 29.1 Å². The highest BCUT2D eigenvalue weighted by Gasteiger charge is 2.19. The number of hydrogen-bond donors (Lipinski definition) is 1. The van der Waals surface area contributed by atoms with Crippen LogP contribution in [0.2, 0.25) is 5.02 Å². The third-order valence-corrected chi connectivity index (χ3v) is 3.85. The van der Waals surface area contributed by atoms with Crippen molar-refractivity contribution in [3.05, 3.63) is 89.1 Å². The van der Waals surface area contributed by atoms with Gasteiger partial charge in [-0.2, -0.15) is 0 Å². The number of carboxylic acids is 1. The molecule has 0 amide bonds. The molecule has 1 heterocycles. The first kappa shape index (κ1) is 16.0. The molecule has 0 aliphatic rings. The minimum atomic E-state index is -1.01. The van der Waals surface area contributed by atoms with Gasteiger partial charge in [0.05, 0.1) is 0 Å². The molecule has 3 aromatic rings. The largest absolute Gasteiger partial charge is 0.478 e. The van der Waals surface area contributed by atoms with E-state index in [1.54, 1.807) is 30.5 Å². The van der Waals surface area contributed by atoms with Crippen molar-refractivity contribution in [2.75, 3.05) is 4.90 Å². The fraction of sp³-hybridized carbons (Fsp3) is 0.0526. The zero-order chi connectivity index (χ0) is 16.9. The highest BCUT2D eigenvalue weighted by molar-refractivity contribution is 6.30. The Hall–Kier alpha value is -2.85. The number of anilines is 2. The van der Waals surface area contributed by atoms with Crippen LogP contribution in [0, 0.1) is 0 Å². The van der Waals surface area contributed by atoms with Gasteiger partial charge in [0.15, 0.2) is 0 Å². The number of hydrogen-bond acceptors (Lipinski definition) is 3. The van der Waals surface area contributed by atoms with Crippen molar-refractivity contribution in [1.29, 1.82) is 0 Å².